The summed E-state index contributed by atoms with van der Waals surface area (Å²) in [4.78, 5) is 27.8. The summed E-state index contributed by atoms with van der Waals surface area (Å²) in [5.74, 6) is -0.0307. The van der Waals surface area contributed by atoms with Crippen molar-refractivity contribution in [2.24, 2.45) is 0 Å². The van der Waals surface area contributed by atoms with E-state index in [2.05, 4.69) is 33.1 Å². The number of thiazole rings is 1. The van der Waals surface area contributed by atoms with Crippen LogP contribution < -0.4 is 0 Å². The topological polar surface area (TPSA) is 87.2 Å². The number of amides is 1. The maximum Gasteiger partial charge on any atom is 0.274 e. The van der Waals surface area contributed by atoms with Gasteiger partial charge in [0.25, 0.3) is 5.91 Å². The zero-order valence-electron chi connectivity index (χ0n) is 18.3. The number of likely N-dealkylation sites (tertiary alicyclic amines) is 1. The molecule has 4 aromatic rings. The Morgan fingerprint density at radius 2 is 2.03 bits per heavy atom. The van der Waals surface area contributed by atoms with Crippen LogP contribution in [0.1, 0.15) is 16.1 Å². The summed E-state index contributed by atoms with van der Waals surface area (Å²) >= 11 is 1.49. The van der Waals surface area contributed by atoms with Crippen LogP contribution in [0.4, 0.5) is 0 Å². The normalized spacial score (nSPS) is 17.4. The highest BCUT2D eigenvalue weighted by molar-refractivity contribution is 7.18. The molecule has 5 heterocycles. The number of H-pyrrole nitrogens is 1. The molecule has 1 N–H and O–H groups in total. The molecular weight excluding hydrogens is 436 g/mol. The first-order valence-corrected chi connectivity index (χ1v) is 12.0. The minimum absolute atomic E-state index is 0.0307. The smallest absolute Gasteiger partial charge is 0.274 e. The molecule has 0 atom stereocenters. The molecular formula is C24H24N6O2S. The second-order valence-electron chi connectivity index (χ2n) is 8.52. The lowest BCUT2D eigenvalue weighted by atomic mass is 10.1. The van der Waals surface area contributed by atoms with Crippen LogP contribution in [0.2, 0.25) is 0 Å². The Labute approximate surface area is 195 Å². The number of hydrogen-bond acceptors (Lipinski definition) is 7. The number of rotatable bonds is 4. The second kappa shape index (κ2) is 8.33. The Balaban J connectivity index is 1.34. The van der Waals surface area contributed by atoms with Gasteiger partial charge in [0.1, 0.15) is 16.4 Å². The van der Waals surface area contributed by atoms with Gasteiger partial charge in [-0.25, -0.2) is 4.98 Å². The standard InChI is InChI=1S/C24H24N6O2S/c1-15-4-2-6-18-19(15)27-28-20(18)23-26-21(22(33-23)16-5-3-7-25-12-16)24(31)30-13-17(14-30)29-8-10-32-11-9-29/h2-7,12,17H,8-11,13-14H2,1H3,(H,27,28). The van der Waals surface area contributed by atoms with Crippen molar-refractivity contribution in [2.45, 2.75) is 13.0 Å². The number of aromatic amines is 1. The molecule has 0 aliphatic carbocycles. The predicted octanol–water partition coefficient (Wildman–Crippen LogP) is 3.21. The van der Waals surface area contributed by atoms with Gasteiger partial charge in [0.05, 0.1) is 23.6 Å². The van der Waals surface area contributed by atoms with E-state index in [0.29, 0.717) is 11.7 Å². The molecule has 1 aromatic carbocycles. The van der Waals surface area contributed by atoms with Gasteiger partial charge in [-0.1, -0.05) is 24.3 Å². The number of carbonyl (C=O) groups excluding carboxylic acids is 1. The van der Waals surface area contributed by atoms with E-state index < -0.39 is 0 Å². The van der Waals surface area contributed by atoms with Crippen LogP contribution in [0.25, 0.3) is 32.0 Å². The summed E-state index contributed by atoms with van der Waals surface area (Å²) in [5.41, 5.74) is 4.27. The fraction of sp³-hybridized carbons (Fsp3) is 0.333. The summed E-state index contributed by atoms with van der Waals surface area (Å²) < 4.78 is 5.46. The van der Waals surface area contributed by atoms with Crippen molar-refractivity contribution in [3.05, 3.63) is 54.0 Å². The molecule has 0 saturated carbocycles. The third-order valence-electron chi connectivity index (χ3n) is 6.48. The number of morpholine rings is 1. The van der Waals surface area contributed by atoms with Gasteiger partial charge in [-0.15, -0.1) is 11.3 Å². The van der Waals surface area contributed by atoms with Crippen molar-refractivity contribution in [1.82, 2.24) is 30.0 Å². The van der Waals surface area contributed by atoms with Crippen molar-refractivity contribution in [2.75, 3.05) is 39.4 Å². The molecule has 33 heavy (non-hydrogen) atoms. The molecule has 3 aromatic heterocycles. The number of para-hydroxylation sites is 1. The second-order valence-corrected chi connectivity index (χ2v) is 9.52. The lowest BCUT2D eigenvalue weighted by Gasteiger charge is -2.46. The Morgan fingerprint density at radius 3 is 2.82 bits per heavy atom. The van der Waals surface area contributed by atoms with E-state index in [4.69, 9.17) is 9.72 Å². The third-order valence-corrected chi connectivity index (χ3v) is 7.59. The summed E-state index contributed by atoms with van der Waals surface area (Å²) in [6, 6.07) is 10.4. The highest BCUT2D eigenvalue weighted by atomic mass is 32.1. The maximum atomic E-state index is 13.5. The number of fused-ring (bicyclic) bond motifs is 1. The van der Waals surface area contributed by atoms with Crippen LogP contribution in [0.3, 0.4) is 0 Å². The minimum Gasteiger partial charge on any atom is -0.379 e. The van der Waals surface area contributed by atoms with Gasteiger partial charge in [-0.05, 0) is 18.6 Å². The maximum absolute atomic E-state index is 13.5. The number of aryl methyl sites for hydroxylation is 1. The van der Waals surface area contributed by atoms with Gasteiger partial charge >= 0.3 is 0 Å². The Morgan fingerprint density at radius 1 is 1.18 bits per heavy atom. The van der Waals surface area contributed by atoms with Crippen LogP contribution in [0.5, 0.6) is 0 Å². The van der Waals surface area contributed by atoms with Gasteiger partial charge in [-0.3, -0.25) is 19.8 Å². The Hall–Kier alpha value is -3.14. The minimum atomic E-state index is -0.0307. The molecule has 0 spiro atoms. The van der Waals surface area contributed by atoms with Crippen LogP contribution in [-0.2, 0) is 4.74 Å². The summed E-state index contributed by atoms with van der Waals surface area (Å²) in [6.07, 6.45) is 3.52. The fourth-order valence-corrected chi connectivity index (χ4v) is 5.60. The number of carbonyl (C=O) groups is 1. The van der Waals surface area contributed by atoms with Crippen LogP contribution in [0, 0.1) is 6.92 Å². The number of ether oxygens (including phenoxy) is 1. The average Bonchev–Trinajstić information content (AvgIpc) is 3.45. The van der Waals surface area contributed by atoms with Crippen LogP contribution in [-0.4, -0.2) is 81.3 Å². The van der Waals surface area contributed by atoms with Crippen LogP contribution >= 0.6 is 11.3 Å². The van der Waals surface area contributed by atoms with Crippen molar-refractivity contribution in [3.8, 4) is 21.1 Å². The molecule has 9 heteroatoms. The molecule has 0 bridgehead atoms. The quantitative estimate of drug-likeness (QED) is 0.503. The van der Waals surface area contributed by atoms with Gasteiger partial charge in [-0.2, -0.15) is 5.10 Å². The molecule has 2 aliphatic heterocycles. The highest BCUT2D eigenvalue weighted by Crippen LogP contribution is 2.38. The first-order chi connectivity index (χ1) is 16.2. The molecule has 168 valence electrons. The van der Waals surface area contributed by atoms with E-state index >= 15 is 0 Å². The number of hydrogen-bond donors (Lipinski definition) is 1. The molecule has 6 rings (SSSR count). The van der Waals surface area contributed by atoms with Crippen molar-refractivity contribution in [1.29, 1.82) is 0 Å². The summed E-state index contributed by atoms with van der Waals surface area (Å²) in [5, 5.41) is 9.43. The fourth-order valence-electron chi connectivity index (χ4n) is 4.55. The van der Waals surface area contributed by atoms with Gasteiger partial charge in [0.15, 0.2) is 0 Å². The highest BCUT2D eigenvalue weighted by Gasteiger charge is 2.37. The monoisotopic (exact) mass is 460 g/mol. The zero-order chi connectivity index (χ0) is 22.4. The SMILES string of the molecule is Cc1cccc2c(-c3nc(C(=O)N4CC(N5CCOCC5)C4)c(-c4cccnc4)s3)n[nH]c12. The van der Waals surface area contributed by atoms with E-state index in [1.807, 2.05) is 29.2 Å². The molecule has 2 aliphatic rings. The molecule has 0 unspecified atom stereocenters. The summed E-state index contributed by atoms with van der Waals surface area (Å²) in [6.45, 7) is 6.90. The van der Waals surface area contributed by atoms with Crippen molar-refractivity contribution >= 4 is 28.1 Å². The number of pyridine rings is 1. The number of nitrogens with one attached hydrogen (secondary N) is 1. The lowest BCUT2D eigenvalue weighted by Crippen LogP contribution is -2.62. The van der Waals surface area contributed by atoms with Crippen molar-refractivity contribution < 1.29 is 9.53 Å². The predicted molar refractivity (Wildman–Crippen MR) is 127 cm³/mol. The zero-order valence-corrected chi connectivity index (χ0v) is 19.1. The molecule has 2 saturated heterocycles. The van der Waals surface area contributed by atoms with E-state index in [-0.39, 0.29) is 5.91 Å². The third kappa shape index (κ3) is 3.62. The molecule has 2 fully saturated rings. The van der Waals surface area contributed by atoms with E-state index in [1.54, 1.807) is 12.4 Å². The van der Waals surface area contributed by atoms with E-state index in [0.717, 1.165) is 77.0 Å². The first-order valence-electron chi connectivity index (χ1n) is 11.2. The van der Waals surface area contributed by atoms with E-state index in [1.165, 1.54) is 11.3 Å². The number of aromatic nitrogens is 4. The molecule has 1 amide bonds. The molecule has 0 radical (unpaired) electrons. The Bertz CT molecular complexity index is 1310. The summed E-state index contributed by atoms with van der Waals surface area (Å²) in [7, 11) is 0. The van der Waals surface area contributed by atoms with Crippen molar-refractivity contribution in [3.63, 3.8) is 0 Å². The largest absolute Gasteiger partial charge is 0.379 e. The lowest BCUT2D eigenvalue weighted by molar-refractivity contribution is -0.0257. The first kappa shape index (κ1) is 20.5. The van der Waals surface area contributed by atoms with Gasteiger partial charge in [0, 0.05) is 55.6 Å². The van der Waals surface area contributed by atoms with Gasteiger partial charge < -0.3 is 9.64 Å². The number of benzene rings is 1. The average molecular weight is 461 g/mol. The van der Waals surface area contributed by atoms with E-state index in [9.17, 15) is 4.79 Å². The molecule has 8 nitrogen and oxygen atoms in total. The Kier molecular flexibility index (Phi) is 5.17. The number of nitrogens with zero attached hydrogens (tertiary/aromatic N) is 5. The van der Waals surface area contributed by atoms with Gasteiger partial charge in [0.2, 0.25) is 0 Å². The van der Waals surface area contributed by atoms with Crippen LogP contribution in [0.15, 0.2) is 42.7 Å².